The molecule has 0 aromatic rings. The first-order chi connectivity index (χ1) is 9.00. The van der Waals surface area contributed by atoms with Gasteiger partial charge in [-0.05, 0) is 0 Å². The molecule has 0 N–H and O–H groups in total. The van der Waals surface area contributed by atoms with Gasteiger partial charge in [0.1, 0.15) is 0 Å². The number of hydrogen-bond acceptors (Lipinski definition) is 0. The molecule has 0 saturated carbocycles. The molecular formula is C6F14HgSe2. The number of hydrogen-bond donors (Lipinski definition) is 0. The van der Waals surface area contributed by atoms with Crippen LogP contribution in [0.4, 0.5) is 61.5 Å². The van der Waals surface area contributed by atoms with Gasteiger partial charge in [-0.25, -0.2) is 0 Å². The van der Waals surface area contributed by atoms with Crippen LogP contribution < -0.4 is 0 Å². The van der Waals surface area contributed by atoms with Crippen LogP contribution >= 0.6 is 0 Å². The van der Waals surface area contributed by atoms with Crippen LogP contribution in [0.3, 0.4) is 0 Å². The van der Waals surface area contributed by atoms with Gasteiger partial charge in [0.05, 0.1) is 0 Å². The molecule has 0 saturated heterocycles. The summed E-state index contributed by atoms with van der Waals surface area (Å²) in [5.74, 6) is -12.0. The van der Waals surface area contributed by atoms with E-state index in [9.17, 15) is 61.5 Å². The van der Waals surface area contributed by atoms with E-state index in [2.05, 4.69) is 0 Å². The summed E-state index contributed by atoms with van der Waals surface area (Å²) < 4.78 is 158. The van der Waals surface area contributed by atoms with Crippen LogP contribution in [0.2, 0.25) is 0 Å². The Balaban J connectivity index is -0.000000333. The zero-order valence-corrected chi connectivity index (χ0v) is 18.7. The summed E-state index contributed by atoms with van der Waals surface area (Å²) in [4.78, 5) is -10.4. The normalized spacial score (nSPS) is 14.6. The predicted octanol–water partition coefficient (Wildman–Crippen LogP) is 3.89. The zero-order valence-electron chi connectivity index (χ0n) is 9.82. The first kappa shape index (κ1) is 28.8. The van der Waals surface area contributed by atoms with Gasteiger partial charge in [0.25, 0.3) is 0 Å². The predicted molar refractivity (Wildman–Crippen MR) is 43.4 cm³/mol. The first-order valence-electron chi connectivity index (χ1n) is 4.05. The molecule has 0 spiro atoms. The van der Waals surface area contributed by atoms with Gasteiger partial charge in [-0.1, -0.05) is 0 Å². The maximum absolute atomic E-state index is 11.5. The van der Waals surface area contributed by atoms with Gasteiger partial charge in [-0.3, -0.25) is 0 Å². The Morgan fingerprint density at radius 3 is 0.522 bits per heavy atom. The van der Waals surface area contributed by atoms with Crippen molar-refractivity contribution < 1.29 is 89.1 Å². The second kappa shape index (κ2) is 8.13. The Bertz CT molecular complexity index is 291. The van der Waals surface area contributed by atoms with E-state index in [1.54, 1.807) is 0 Å². The number of halogens is 14. The average molecular weight is 697 g/mol. The largest absolute Gasteiger partial charge is 0 e. The standard InChI is InChI=1S/2C3F7Se.Hg/c2*4-1(5,2(6,7)8)3(9,10)11;. The molecule has 2 radical (unpaired) electrons. The molecule has 0 fully saturated rings. The minimum Gasteiger partial charge on any atom is 0 e. The minimum atomic E-state index is -6.23. The van der Waals surface area contributed by atoms with Crippen LogP contribution in [-0.2, 0) is 27.7 Å². The molecule has 0 aliphatic rings. The van der Waals surface area contributed by atoms with Crippen molar-refractivity contribution in [2.45, 2.75) is 33.8 Å². The summed E-state index contributed by atoms with van der Waals surface area (Å²) in [5.41, 5.74) is 0. The molecular weight excluding hydrogens is 697 g/mol. The van der Waals surface area contributed by atoms with E-state index in [1.807, 2.05) is 0 Å². The van der Waals surface area contributed by atoms with Crippen molar-refractivity contribution in [2.75, 3.05) is 0 Å². The van der Waals surface area contributed by atoms with Crippen LogP contribution in [0.1, 0.15) is 0 Å². The third-order valence-corrected chi connectivity index (χ3v) is 2.52. The first-order valence-corrected chi connectivity index (χ1v) is 5.77. The molecule has 0 nitrogen and oxygen atoms in total. The Morgan fingerprint density at radius 1 is 0.391 bits per heavy atom. The molecule has 0 heterocycles. The summed E-state index contributed by atoms with van der Waals surface area (Å²) in [5, 5.41) is 0. The van der Waals surface area contributed by atoms with E-state index in [0.29, 0.717) is 32.0 Å². The van der Waals surface area contributed by atoms with Crippen molar-refractivity contribution in [2.24, 2.45) is 0 Å². The van der Waals surface area contributed by atoms with E-state index in [1.165, 1.54) is 0 Å². The van der Waals surface area contributed by atoms with Gasteiger partial charge in [-0.15, -0.1) is 0 Å². The van der Waals surface area contributed by atoms with E-state index < -0.39 is 33.8 Å². The molecule has 0 atom stereocenters. The van der Waals surface area contributed by atoms with Gasteiger partial charge in [0.15, 0.2) is 0 Å². The van der Waals surface area contributed by atoms with Gasteiger partial charge < -0.3 is 0 Å². The summed E-state index contributed by atoms with van der Waals surface area (Å²) in [6.07, 6.45) is -12.5. The molecule has 17 heteroatoms. The minimum absolute atomic E-state index is 0. The second-order valence-corrected chi connectivity index (χ2v) is 5.33. The fraction of sp³-hybridized carbons (Fsp3) is 1.00. The van der Waals surface area contributed by atoms with E-state index in [-0.39, 0.29) is 27.7 Å². The Labute approximate surface area is 154 Å². The van der Waals surface area contributed by atoms with E-state index in [0.717, 1.165) is 0 Å². The van der Waals surface area contributed by atoms with Crippen LogP contribution in [0.25, 0.3) is 0 Å². The fourth-order valence-corrected chi connectivity index (χ4v) is 0.816. The van der Waals surface area contributed by atoms with Gasteiger partial charge >= 0.3 is 127 Å². The van der Waals surface area contributed by atoms with Crippen molar-refractivity contribution in [3.8, 4) is 0 Å². The third-order valence-electron chi connectivity index (χ3n) is 1.44. The molecule has 23 heavy (non-hydrogen) atoms. The van der Waals surface area contributed by atoms with Crippen LogP contribution in [0, 0.1) is 0 Å². The molecule has 0 aromatic heterocycles. The second-order valence-electron chi connectivity index (χ2n) is 3.18. The Morgan fingerprint density at radius 2 is 0.522 bits per heavy atom. The Hall–Kier alpha value is 0.994. The Kier molecular flexibility index (Phi) is 10.2. The van der Waals surface area contributed by atoms with Crippen LogP contribution in [0.5, 0.6) is 0 Å². The quantitative estimate of drug-likeness (QED) is 0.304. The van der Waals surface area contributed by atoms with Gasteiger partial charge in [0.2, 0.25) is 0 Å². The average Bonchev–Trinajstić information content (AvgIpc) is 2.10. The summed E-state index contributed by atoms with van der Waals surface area (Å²) in [7, 11) is 0. The number of alkyl halides is 14. The number of rotatable bonds is 2. The maximum atomic E-state index is 11.5. The smallest absolute Gasteiger partial charge is 0 e. The monoisotopic (exact) mass is 700 g/mol. The maximum Gasteiger partial charge on any atom is 0 e. The third kappa shape index (κ3) is 7.41. The van der Waals surface area contributed by atoms with E-state index in [4.69, 9.17) is 0 Å². The molecule has 0 unspecified atom stereocenters. The topological polar surface area (TPSA) is 0 Å². The molecule has 0 aliphatic heterocycles. The molecule has 0 aliphatic carbocycles. The van der Waals surface area contributed by atoms with Crippen LogP contribution in [0.15, 0.2) is 0 Å². The zero-order chi connectivity index (χ0) is 19.0. The van der Waals surface area contributed by atoms with E-state index >= 15 is 0 Å². The van der Waals surface area contributed by atoms with Gasteiger partial charge in [0, 0.05) is 27.7 Å². The fourth-order valence-electron chi connectivity index (χ4n) is 0.330. The molecule has 0 rings (SSSR count). The summed E-state index contributed by atoms with van der Waals surface area (Å²) >= 11 is 0.920. The van der Waals surface area contributed by atoms with Crippen molar-refractivity contribution >= 4 is 32.0 Å². The summed E-state index contributed by atoms with van der Waals surface area (Å²) in [6, 6.07) is 0. The molecule has 136 valence electrons. The molecule has 0 aromatic carbocycles. The summed E-state index contributed by atoms with van der Waals surface area (Å²) in [6.45, 7) is 0. The van der Waals surface area contributed by atoms with Gasteiger partial charge in [-0.2, -0.15) is 0 Å². The SMILES string of the molecule is FC(F)(F)C(F)(F)C(F)(F)[Se].FC(F)(F)C(F)(F)C(F)(F)[Se].[Hg]. The van der Waals surface area contributed by atoms with Crippen molar-refractivity contribution in [1.82, 2.24) is 0 Å². The molecule has 0 bridgehead atoms. The van der Waals surface area contributed by atoms with Crippen LogP contribution in [-0.4, -0.2) is 65.9 Å². The van der Waals surface area contributed by atoms with Crippen molar-refractivity contribution in [3.05, 3.63) is 0 Å². The van der Waals surface area contributed by atoms with Crippen molar-refractivity contribution in [1.29, 1.82) is 0 Å². The molecule has 0 amide bonds. The van der Waals surface area contributed by atoms with Crippen molar-refractivity contribution in [3.63, 3.8) is 0 Å².